The number of carbonyl (C=O) groups is 2. The van der Waals surface area contributed by atoms with Crippen molar-refractivity contribution < 1.29 is 37.7 Å². The van der Waals surface area contributed by atoms with E-state index in [0.29, 0.717) is 28.4 Å². The number of nitrogens with one attached hydrogen (secondary N) is 1. The van der Waals surface area contributed by atoms with Gasteiger partial charge in [-0.3, -0.25) is 9.59 Å². The van der Waals surface area contributed by atoms with E-state index >= 15 is 0 Å². The van der Waals surface area contributed by atoms with Crippen LogP contribution in [0.25, 0.3) is 0 Å². The van der Waals surface area contributed by atoms with Crippen LogP contribution in [0.5, 0.6) is 17.2 Å². The summed E-state index contributed by atoms with van der Waals surface area (Å²) in [5.41, 5.74) is 1.95. The van der Waals surface area contributed by atoms with Gasteiger partial charge in [0.25, 0.3) is 5.91 Å². The molecule has 4 rings (SSSR count). The maximum Gasteiger partial charge on any atom is 0.325 e. The van der Waals surface area contributed by atoms with Crippen LogP contribution < -0.4 is 19.5 Å². The summed E-state index contributed by atoms with van der Waals surface area (Å²) in [6, 6.07) is 16.6. The molecule has 8 nitrogen and oxygen atoms in total. The fourth-order valence-electron chi connectivity index (χ4n) is 3.56. The Balaban J connectivity index is 1.38. The zero-order valence-corrected chi connectivity index (χ0v) is 19.2. The fraction of sp³-hybridized carbons (Fsp3) is 0.231. The molecule has 0 spiro atoms. The zero-order chi connectivity index (χ0) is 24.8. The lowest BCUT2D eigenvalue weighted by molar-refractivity contribution is -0.144. The summed E-state index contributed by atoms with van der Waals surface area (Å²) in [5.74, 6) is -0.421. The van der Waals surface area contributed by atoms with Crippen molar-refractivity contribution in [3.05, 3.63) is 88.7 Å². The molecular formula is C26H24FNO7. The molecule has 1 N–H and O–H groups in total. The first kappa shape index (κ1) is 24.0. The Morgan fingerprint density at radius 1 is 1.03 bits per heavy atom. The van der Waals surface area contributed by atoms with Crippen LogP contribution in [0.1, 0.15) is 33.3 Å². The summed E-state index contributed by atoms with van der Waals surface area (Å²) in [7, 11) is 2.94. The molecule has 9 heteroatoms. The van der Waals surface area contributed by atoms with E-state index in [0.717, 1.165) is 5.56 Å². The van der Waals surface area contributed by atoms with Gasteiger partial charge in [-0.25, -0.2) is 4.39 Å². The van der Waals surface area contributed by atoms with E-state index in [1.54, 1.807) is 6.07 Å². The van der Waals surface area contributed by atoms with Gasteiger partial charge >= 0.3 is 5.97 Å². The summed E-state index contributed by atoms with van der Waals surface area (Å²) in [6.07, 6.45) is -0.664. The molecule has 182 valence electrons. The van der Waals surface area contributed by atoms with Crippen molar-refractivity contribution in [3.63, 3.8) is 0 Å². The molecule has 0 aromatic heterocycles. The average molecular weight is 481 g/mol. The number of methoxy groups -OCH3 is 2. The third-order valence-corrected chi connectivity index (χ3v) is 5.29. The standard InChI is InChI=1S/C26H24FNO7/c1-31-21-10-17(11-22(12-21)32-2)25(30)28-13-23(29)33-14-18-8-20(27)9-19-15-34-26(35-24(18)19)16-6-4-3-5-7-16/h3-12,26H,13-15H2,1-2H3,(H,28,30). The lowest BCUT2D eigenvalue weighted by atomic mass is 10.1. The number of carbonyl (C=O) groups excluding carboxylic acids is 2. The highest BCUT2D eigenvalue weighted by atomic mass is 19.1. The Morgan fingerprint density at radius 3 is 2.43 bits per heavy atom. The Bertz CT molecular complexity index is 1190. The Morgan fingerprint density at radius 2 is 1.74 bits per heavy atom. The highest BCUT2D eigenvalue weighted by molar-refractivity contribution is 5.96. The van der Waals surface area contributed by atoms with E-state index in [9.17, 15) is 14.0 Å². The van der Waals surface area contributed by atoms with E-state index in [2.05, 4.69) is 5.32 Å². The van der Waals surface area contributed by atoms with Gasteiger partial charge in [-0.15, -0.1) is 0 Å². The second-order valence-corrected chi connectivity index (χ2v) is 7.67. The molecule has 3 aromatic carbocycles. The van der Waals surface area contributed by atoms with Crippen LogP contribution in [-0.4, -0.2) is 32.6 Å². The molecule has 35 heavy (non-hydrogen) atoms. The summed E-state index contributed by atoms with van der Waals surface area (Å²) >= 11 is 0. The van der Waals surface area contributed by atoms with E-state index in [4.69, 9.17) is 23.7 Å². The molecule has 0 saturated heterocycles. The number of ether oxygens (including phenoxy) is 5. The van der Waals surface area contributed by atoms with Crippen LogP contribution in [-0.2, 0) is 27.5 Å². The van der Waals surface area contributed by atoms with Gasteiger partial charge in [0.1, 0.15) is 36.2 Å². The Kier molecular flexibility index (Phi) is 7.47. The number of fused-ring (bicyclic) bond motifs is 1. The molecule has 1 heterocycles. The van der Waals surface area contributed by atoms with Gasteiger partial charge in [0, 0.05) is 28.3 Å². The highest BCUT2D eigenvalue weighted by Crippen LogP contribution is 2.36. The summed E-state index contributed by atoms with van der Waals surface area (Å²) in [6.45, 7) is -0.469. The predicted octanol–water partition coefficient (Wildman–Crippen LogP) is 3.92. The first-order chi connectivity index (χ1) is 17.0. The van der Waals surface area contributed by atoms with Crippen molar-refractivity contribution in [2.75, 3.05) is 20.8 Å². The molecule has 3 aromatic rings. The summed E-state index contributed by atoms with van der Waals surface area (Å²) in [4.78, 5) is 24.7. The van der Waals surface area contributed by atoms with E-state index in [-0.39, 0.29) is 25.3 Å². The Labute approximate surface area is 201 Å². The maximum atomic E-state index is 14.1. The topological polar surface area (TPSA) is 92.3 Å². The first-order valence-electron chi connectivity index (χ1n) is 10.8. The minimum absolute atomic E-state index is 0.146. The third kappa shape index (κ3) is 5.88. The molecule has 0 bridgehead atoms. The van der Waals surface area contributed by atoms with Crippen molar-refractivity contribution >= 4 is 11.9 Å². The van der Waals surface area contributed by atoms with E-state index in [1.165, 1.54) is 38.5 Å². The van der Waals surface area contributed by atoms with E-state index in [1.807, 2.05) is 30.3 Å². The summed E-state index contributed by atoms with van der Waals surface area (Å²) < 4.78 is 41.4. The van der Waals surface area contributed by atoms with Crippen molar-refractivity contribution in [3.8, 4) is 17.2 Å². The number of hydrogen-bond donors (Lipinski definition) is 1. The van der Waals surface area contributed by atoms with Gasteiger partial charge in [0.2, 0.25) is 6.29 Å². The number of halogens is 1. The monoisotopic (exact) mass is 481 g/mol. The fourth-order valence-corrected chi connectivity index (χ4v) is 3.56. The minimum atomic E-state index is -0.696. The lowest BCUT2D eigenvalue weighted by Gasteiger charge is -2.28. The Hall–Kier alpha value is -4.11. The van der Waals surface area contributed by atoms with Crippen LogP contribution in [0.3, 0.4) is 0 Å². The molecule has 0 saturated carbocycles. The van der Waals surface area contributed by atoms with Gasteiger partial charge in [0.15, 0.2) is 0 Å². The normalized spacial score (nSPS) is 14.3. The van der Waals surface area contributed by atoms with Crippen LogP contribution >= 0.6 is 0 Å². The third-order valence-electron chi connectivity index (χ3n) is 5.29. The molecule has 1 atom stereocenters. The molecule has 0 radical (unpaired) electrons. The zero-order valence-electron chi connectivity index (χ0n) is 19.2. The van der Waals surface area contributed by atoms with Gasteiger partial charge in [-0.1, -0.05) is 30.3 Å². The molecule has 0 aliphatic carbocycles. The molecule has 0 fully saturated rings. The maximum absolute atomic E-state index is 14.1. The quantitative estimate of drug-likeness (QED) is 0.488. The molecular weight excluding hydrogens is 457 g/mol. The van der Waals surface area contributed by atoms with Gasteiger partial charge < -0.3 is 29.0 Å². The van der Waals surface area contributed by atoms with Crippen molar-refractivity contribution in [2.45, 2.75) is 19.5 Å². The van der Waals surface area contributed by atoms with E-state index < -0.39 is 24.0 Å². The van der Waals surface area contributed by atoms with Crippen molar-refractivity contribution in [1.29, 1.82) is 0 Å². The largest absolute Gasteiger partial charge is 0.497 e. The SMILES string of the molecule is COc1cc(OC)cc(C(=O)NCC(=O)OCc2cc(F)cc3c2OC(c2ccccc2)OC3)c1. The van der Waals surface area contributed by atoms with Crippen molar-refractivity contribution in [2.24, 2.45) is 0 Å². The number of esters is 1. The van der Waals surface area contributed by atoms with Crippen LogP contribution in [0.2, 0.25) is 0 Å². The second-order valence-electron chi connectivity index (χ2n) is 7.67. The number of hydrogen-bond acceptors (Lipinski definition) is 7. The minimum Gasteiger partial charge on any atom is -0.497 e. The van der Waals surface area contributed by atoms with Crippen LogP contribution in [0.15, 0.2) is 60.7 Å². The van der Waals surface area contributed by atoms with Gasteiger partial charge in [-0.05, 0) is 24.3 Å². The molecule has 1 amide bonds. The smallest absolute Gasteiger partial charge is 0.325 e. The predicted molar refractivity (Wildman–Crippen MR) is 123 cm³/mol. The highest BCUT2D eigenvalue weighted by Gasteiger charge is 2.25. The van der Waals surface area contributed by atoms with Crippen molar-refractivity contribution in [1.82, 2.24) is 5.32 Å². The summed E-state index contributed by atoms with van der Waals surface area (Å²) in [5, 5.41) is 2.49. The number of rotatable bonds is 8. The molecule has 1 unspecified atom stereocenters. The average Bonchev–Trinajstić information content (AvgIpc) is 2.90. The number of benzene rings is 3. The second kappa shape index (κ2) is 10.9. The van der Waals surface area contributed by atoms with Crippen LogP contribution in [0, 0.1) is 5.82 Å². The van der Waals surface area contributed by atoms with Gasteiger partial charge in [-0.2, -0.15) is 0 Å². The lowest BCUT2D eigenvalue weighted by Crippen LogP contribution is -2.30. The number of amides is 1. The van der Waals surface area contributed by atoms with Gasteiger partial charge in [0.05, 0.1) is 20.8 Å². The molecule has 1 aliphatic heterocycles. The first-order valence-corrected chi connectivity index (χ1v) is 10.8. The molecule has 1 aliphatic rings. The van der Waals surface area contributed by atoms with Crippen LogP contribution in [0.4, 0.5) is 4.39 Å².